The van der Waals surface area contributed by atoms with Gasteiger partial charge in [0.15, 0.2) is 5.43 Å². The van der Waals surface area contributed by atoms with Crippen LogP contribution in [0.5, 0.6) is 0 Å². The zero-order valence-corrected chi connectivity index (χ0v) is 10.7. The van der Waals surface area contributed by atoms with E-state index in [0.29, 0.717) is 0 Å². The van der Waals surface area contributed by atoms with Gasteiger partial charge >= 0.3 is 0 Å². The monoisotopic (exact) mass is 254 g/mol. The first-order chi connectivity index (χ1) is 9.81. The molecule has 1 nitrogen and oxygen atoms in total. The largest absolute Gasteiger partial charge is 0.290 e. The van der Waals surface area contributed by atoms with Gasteiger partial charge in [-0.15, -0.1) is 0 Å². The Labute approximate surface area is 114 Å². The zero-order chi connectivity index (χ0) is 13.3. The smallest absolute Gasteiger partial charge is 0.179 e. The van der Waals surface area contributed by atoms with Crippen LogP contribution in [0, 0.1) is 0 Å². The van der Waals surface area contributed by atoms with E-state index in [1.807, 2.05) is 6.07 Å². The number of hydrogen-bond acceptors (Lipinski definition) is 1. The Morgan fingerprint density at radius 3 is 2.30 bits per heavy atom. The van der Waals surface area contributed by atoms with Crippen LogP contribution in [0.15, 0.2) is 65.5 Å². The molecule has 5 aromatic rings. The second kappa shape index (κ2) is 3.26. The van der Waals surface area contributed by atoms with Gasteiger partial charge in [0.2, 0.25) is 0 Å². The lowest BCUT2D eigenvalue weighted by Crippen LogP contribution is -1.94. The van der Waals surface area contributed by atoms with E-state index in [9.17, 15) is 4.79 Å². The van der Waals surface area contributed by atoms with Gasteiger partial charge in [0, 0.05) is 0 Å². The summed E-state index contributed by atoms with van der Waals surface area (Å²) >= 11 is 0. The summed E-state index contributed by atoms with van der Waals surface area (Å²) < 4.78 is 0. The van der Waals surface area contributed by atoms with E-state index in [0.717, 1.165) is 10.8 Å². The topological polar surface area (TPSA) is 17.1 Å². The maximum Gasteiger partial charge on any atom is 0.179 e. The molecule has 0 bridgehead atoms. The molecule has 0 unspecified atom stereocenters. The van der Waals surface area contributed by atoms with Crippen molar-refractivity contribution >= 4 is 43.1 Å². The summed E-state index contributed by atoms with van der Waals surface area (Å²) in [5, 5.41) is 9.79. The van der Waals surface area contributed by atoms with E-state index in [4.69, 9.17) is 0 Å². The van der Waals surface area contributed by atoms with Crippen LogP contribution in [0.1, 0.15) is 0 Å². The molecule has 0 aliphatic rings. The lowest BCUT2D eigenvalue weighted by Gasteiger charge is -2.06. The van der Waals surface area contributed by atoms with Crippen LogP contribution in [0.2, 0.25) is 0 Å². The first kappa shape index (κ1) is 10.2. The van der Waals surface area contributed by atoms with Crippen LogP contribution in [0.25, 0.3) is 43.1 Å². The Balaban J connectivity index is 2.23. The van der Waals surface area contributed by atoms with Crippen molar-refractivity contribution in [1.29, 1.82) is 0 Å². The summed E-state index contributed by atoms with van der Waals surface area (Å²) in [6.45, 7) is 0. The van der Waals surface area contributed by atoms with Crippen molar-refractivity contribution < 1.29 is 0 Å². The lowest BCUT2D eigenvalue weighted by molar-refractivity contribution is 1.66. The van der Waals surface area contributed by atoms with Gasteiger partial charge < -0.3 is 0 Å². The first-order valence-electron chi connectivity index (χ1n) is 6.75. The van der Waals surface area contributed by atoms with Crippen LogP contribution in [-0.4, -0.2) is 0 Å². The van der Waals surface area contributed by atoms with E-state index in [1.165, 1.54) is 32.3 Å². The molecule has 0 atom stereocenters. The highest BCUT2D eigenvalue weighted by molar-refractivity contribution is 6.31. The summed E-state index contributed by atoms with van der Waals surface area (Å²) in [7, 11) is 0. The van der Waals surface area contributed by atoms with Crippen LogP contribution in [-0.2, 0) is 0 Å². The van der Waals surface area contributed by atoms with Crippen LogP contribution < -0.4 is 5.43 Å². The van der Waals surface area contributed by atoms with Crippen molar-refractivity contribution in [3.63, 3.8) is 0 Å². The second-order valence-corrected chi connectivity index (χ2v) is 5.43. The van der Waals surface area contributed by atoms with E-state index in [1.54, 1.807) is 12.1 Å². The molecule has 0 saturated carbocycles. The van der Waals surface area contributed by atoms with E-state index >= 15 is 0 Å². The predicted molar refractivity (Wildman–Crippen MR) is 85.1 cm³/mol. The normalized spacial score (nSPS) is 12.2. The summed E-state index contributed by atoms with van der Waals surface area (Å²) in [6, 6.07) is 20.5. The van der Waals surface area contributed by atoms with Gasteiger partial charge in [-0.05, 0) is 67.4 Å². The molecule has 20 heavy (non-hydrogen) atoms. The fraction of sp³-hybridized carbons (Fsp3) is 0. The van der Waals surface area contributed by atoms with Crippen molar-refractivity contribution in [3.8, 4) is 0 Å². The van der Waals surface area contributed by atoms with Crippen LogP contribution >= 0.6 is 0 Å². The Hall–Kier alpha value is -2.67. The second-order valence-electron chi connectivity index (χ2n) is 5.43. The highest BCUT2D eigenvalue weighted by Gasteiger charge is 2.12. The molecule has 0 heterocycles. The number of benzene rings is 4. The molecule has 5 rings (SSSR count). The van der Waals surface area contributed by atoms with Crippen LogP contribution in [0.3, 0.4) is 0 Å². The van der Waals surface area contributed by atoms with Gasteiger partial charge in [0.1, 0.15) is 0 Å². The van der Waals surface area contributed by atoms with Crippen molar-refractivity contribution in [2.75, 3.05) is 0 Å². The van der Waals surface area contributed by atoms with E-state index in [2.05, 4.69) is 42.5 Å². The van der Waals surface area contributed by atoms with Gasteiger partial charge in [-0.25, -0.2) is 0 Å². The SMILES string of the molecule is O=c1ccc2cc3cc4cccc5ccc(c2c1)c3c54. The van der Waals surface area contributed by atoms with Crippen molar-refractivity contribution in [2.45, 2.75) is 0 Å². The standard InChI is InChI=1S/C19H10O/c20-15-6-4-12-8-14-9-13-3-1-2-11-5-7-16(17(12)10-15)19(14)18(11)13/h1-10H. The van der Waals surface area contributed by atoms with E-state index < -0.39 is 0 Å². The Bertz CT molecular complexity index is 1150. The molecule has 0 aliphatic heterocycles. The molecule has 1 heteroatoms. The van der Waals surface area contributed by atoms with Gasteiger partial charge in [0.25, 0.3) is 0 Å². The van der Waals surface area contributed by atoms with Gasteiger partial charge in [-0.2, -0.15) is 0 Å². The maximum atomic E-state index is 11.7. The minimum Gasteiger partial charge on any atom is -0.290 e. The third-order valence-electron chi connectivity index (χ3n) is 4.30. The van der Waals surface area contributed by atoms with E-state index in [-0.39, 0.29) is 5.43 Å². The Morgan fingerprint density at radius 1 is 0.550 bits per heavy atom. The molecular formula is C19H10O. The molecular weight excluding hydrogens is 244 g/mol. The van der Waals surface area contributed by atoms with Gasteiger partial charge in [-0.1, -0.05) is 36.4 Å². The fourth-order valence-electron chi connectivity index (χ4n) is 3.47. The average Bonchev–Trinajstić information content (AvgIpc) is 2.84. The maximum absolute atomic E-state index is 11.7. The van der Waals surface area contributed by atoms with Crippen LogP contribution in [0.4, 0.5) is 0 Å². The molecule has 0 amide bonds. The fourth-order valence-corrected chi connectivity index (χ4v) is 3.47. The Morgan fingerprint density at radius 2 is 1.35 bits per heavy atom. The summed E-state index contributed by atoms with van der Waals surface area (Å²) in [5.41, 5.74) is 0.0724. The quantitative estimate of drug-likeness (QED) is 0.371. The lowest BCUT2D eigenvalue weighted by atomic mass is 9.97. The molecule has 0 aliphatic carbocycles. The minimum absolute atomic E-state index is 0.0724. The third-order valence-corrected chi connectivity index (χ3v) is 4.30. The summed E-state index contributed by atoms with van der Waals surface area (Å²) in [5.74, 6) is 0. The summed E-state index contributed by atoms with van der Waals surface area (Å²) in [4.78, 5) is 11.7. The third kappa shape index (κ3) is 1.11. The average molecular weight is 254 g/mol. The molecule has 92 valence electrons. The minimum atomic E-state index is 0.0724. The molecule has 5 aromatic carbocycles. The molecule has 0 radical (unpaired) electrons. The molecule has 0 saturated heterocycles. The first-order valence-corrected chi connectivity index (χ1v) is 6.75. The Kier molecular flexibility index (Phi) is 1.65. The highest BCUT2D eigenvalue weighted by atomic mass is 16.1. The number of fused-ring (bicyclic) bond motifs is 2. The van der Waals surface area contributed by atoms with Crippen molar-refractivity contribution in [3.05, 3.63) is 70.9 Å². The number of hydrogen-bond donors (Lipinski definition) is 0. The van der Waals surface area contributed by atoms with Crippen molar-refractivity contribution in [2.24, 2.45) is 0 Å². The van der Waals surface area contributed by atoms with Gasteiger partial charge in [-0.3, -0.25) is 4.79 Å². The molecule has 0 spiro atoms. The molecule has 0 N–H and O–H groups in total. The summed E-state index contributed by atoms with van der Waals surface area (Å²) in [6.07, 6.45) is 0. The molecule has 0 aromatic heterocycles. The highest BCUT2D eigenvalue weighted by Crippen LogP contribution is 2.39. The van der Waals surface area contributed by atoms with Gasteiger partial charge in [0.05, 0.1) is 0 Å². The van der Waals surface area contributed by atoms with Crippen molar-refractivity contribution in [1.82, 2.24) is 0 Å². The molecule has 0 fully saturated rings. The predicted octanol–water partition coefficient (Wildman–Crippen LogP) is 4.54. The number of rotatable bonds is 0. The zero-order valence-electron chi connectivity index (χ0n) is 10.7.